The molecule has 17 heavy (non-hydrogen) atoms. The third kappa shape index (κ3) is 21.0. The maximum absolute atomic E-state index is 7.90. The van der Waals surface area contributed by atoms with Crippen molar-refractivity contribution in [2.75, 3.05) is 0 Å². The SMILES string of the molecule is N#CP(C#N)C#N.N#C[As](C#N)C#N.[C-]#N.[K+]. The molecule has 0 aromatic rings. The molecule has 0 fully saturated rings. The minimum Gasteiger partial charge on any atom is -0.512 e. The number of hydrogen-bond donors (Lipinski definition) is 0. The van der Waals surface area contributed by atoms with E-state index in [1.54, 1.807) is 32.0 Å². The smallest absolute Gasteiger partial charge is 0.512 e. The van der Waals surface area contributed by atoms with Crippen molar-refractivity contribution >= 4 is 22.6 Å². The number of nitriles is 6. The fourth-order valence-corrected chi connectivity index (χ4v) is 0.550. The van der Waals surface area contributed by atoms with E-state index in [1.165, 1.54) is 0 Å². The number of rotatable bonds is 0. The predicted molar refractivity (Wildman–Crippen MR) is 51.3 cm³/mol. The first-order valence-corrected chi connectivity index (χ1v) is 7.06. The fourth-order valence-electron chi connectivity index (χ4n) is 0.134. The summed E-state index contributed by atoms with van der Waals surface area (Å²) in [5.74, 6) is 4.63. The molecular weight excluding hydrogens is 327 g/mol. The molecule has 0 aliphatic heterocycles. The zero-order chi connectivity index (χ0) is 13.4. The molecular formula is C7AsKN7P. The Labute approximate surface area is 147 Å². The van der Waals surface area contributed by atoms with Crippen molar-refractivity contribution in [3.05, 3.63) is 6.57 Å². The maximum Gasteiger partial charge on any atom is 1.00 e. The van der Waals surface area contributed by atoms with Crippen LogP contribution in [0.25, 0.3) is 0 Å². The molecule has 0 spiro atoms. The van der Waals surface area contributed by atoms with Gasteiger partial charge >= 0.3 is 96.4 Å². The Morgan fingerprint density at radius 2 is 0.941 bits per heavy atom. The van der Waals surface area contributed by atoms with Crippen molar-refractivity contribution in [3.8, 4) is 32.0 Å². The third-order valence-electron chi connectivity index (χ3n) is 0.600. The van der Waals surface area contributed by atoms with Crippen molar-refractivity contribution in [3.63, 3.8) is 0 Å². The van der Waals surface area contributed by atoms with Gasteiger partial charge in [-0.05, 0) is 0 Å². The van der Waals surface area contributed by atoms with Crippen LogP contribution >= 0.6 is 7.92 Å². The van der Waals surface area contributed by atoms with Gasteiger partial charge in [-0.15, -0.1) is 0 Å². The minimum absolute atomic E-state index is 0. The van der Waals surface area contributed by atoms with Crippen LogP contribution in [0.3, 0.4) is 0 Å². The van der Waals surface area contributed by atoms with E-state index in [0.717, 1.165) is 0 Å². The molecule has 7 nitrogen and oxygen atoms in total. The normalized spacial score (nSPS) is 5.06. The first-order valence-electron chi connectivity index (χ1n) is 2.91. The third-order valence-corrected chi connectivity index (χ3v) is 2.46. The molecule has 0 aliphatic rings. The molecule has 0 atom stereocenters. The second-order valence-electron chi connectivity index (χ2n) is 1.27. The quantitative estimate of drug-likeness (QED) is 0.273. The van der Waals surface area contributed by atoms with E-state index >= 15 is 0 Å². The average molecular weight is 327 g/mol. The van der Waals surface area contributed by atoms with Gasteiger partial charge in [-0.25, -0.2) is 0 Å². The van der Waals surface area contributed by atoms with Crippen molar-refractivity contribution in [2.45, 2.75) is 0 Å². The zero-order valence-electron chi connectivity index (χ0n) is 8.52. The Kier molecular flexibility index (Phi) is 35.8. The standard InChI is InChI=1S/C3AsN3.C3N3P.CN.K/c5-1-4(2-6)3-7;4-1-7(2-5)3-6;1-2;/q;;-1;+1. The summed E-state index contributed by atoms with van der Waals surface area (Å²) >= 11 is -2.31. The first kappa shape index (κ1) is 25.0. The molecule has 0 aromatic carbocycles. The largest absolute Gasteiger partial charge is 1.00 e. The van der Waals surface area contributed by atoms with E-state index in [-0.39, 0.29) is 51.4 Å². The van der Waals surface area contributed by atoms with Crippen LogP contribution in [-0.2, 0) is 0 Å². The van der Waals surface area contributed by atoms with Crippen LogP contribution in [0.4, 0.5) is 0 Å². The summed E-state index contributed by atoms with van der Waals surface area (Å²) in [7, 11) is -1.64. The van der Waals surface area contributed by atoms with Crippen LogP contribution in [0.15, 0.2) is 0 Å². The summed E-state index contributed by atoms with van der Waals surface area (Å²) in [5, 5.41) is 53.5. The van der Waals surface area contributed by atoms with Gasteiger partial charge in [0.15, 0.2) is 0 Å². The topological polar surface area (TPSA) is 167 Å². The molecule has 74 valence electrons. The van der Waals surface area contributed by atoms with E-state index in [0.29, 0.717) is 0 Å². The van der Waals surface area contributed by atoms with Gasteiger partial charge in [0.05, 0.1) is 0 Å². The average Bonchev–Trinajstić information content (AvgIpc) is 2.37. The van der Waals surface area contributed by atoms with Crippen molar-refractivity contribution in [1.29, 1.82) is 36.8 Å². The molecule has 0 unspecified atom stereocenters. The monoisotopic (exact) mass is 327 g/mol. The predicted octanol–water partition coefficient (Wildman–Crippen LogP) is -2.32. The van der Waals surface area contributed by atoms with Crippen molar-refractivity contribution in [1.82, 2.24) is 0 Å². The van der Waals surface area contributed by atoms with Gasteiger partial charge in [-0.2, -0.15) is 15.8 Å². The van der Waals surface area contributed by atoms with E-state index < -0.39 is 22.6 Å². The Bertz CT molecular complexity index is 354. The van der Waals surface area contributed by atoms with E-state index in [2.05, 4.69) is 0 Å². The van der Waals surface area contributed by atoms with Crippen molar-refractivity contribution < 1.29 is 51.4 Å². The fraction of sp³-hybridized carbons (Fsp3) is 0. The minimum atomic E-state index is -2.31. The van der Waals surface area contributed by atoms with Crippen LogP contribution in [0.2, 0.25) is 0 Å². The Hall–Kier alpha value is -0.945. The molecule has 0 radical (unpaired) electrons. The Balaban J connectivity index is -0.0000000823. The van der Waals surface area contributed by atoms with Crippen LogP contribution in [0.5, 0.6) is 0 Å². The Morgan fingerprint density at radius 3 is 0.941 bits per heavy atom. The molecule has 0 rings (SSSR count). The second kappa shape index (κ2) is 24.3. The summed E-state index contributed by atoms with van der Waals surface area (Å²) in [6, 6.07) is 0. The molecule has 0 bridgehead atoms. The van der Waals surface area contributed by atoms with Gasteiger partial charge in [-0.3, -0.25) is 0 Å². The summed E-state index contributed by atoms with van der Waals surface area (Å²) in [4.78, 5) is 4.88. The number of hydrogen-bond acceptors (Lipinski definition) is 7. The van der Waals surface area contributed by atoms with Gasteiger partial charge in [-0.1, -0.05) is 0 Å². The summed E-state index contributed by atoms with van der Waals surface area (Å²) < 4.78 is 0. The van der Waals surface area contributed by atoms with Crippen molar-refractivity contribution in [2.24, 2.45) is 0 Å². The number of nitrogens with zero attached hydrogens (tertiary/aromatic N) is 7. The van der Waals surface area contributed by atoms with Gasteiger partial charge in [0.1, 0.15) is 17.4 Å². The summed E-state index contributed by atoms with van der Waals surface area (Å²) in [5.41, 5.74) is 0. The van der Waals surface area contributed by atoms with Crippen LogP contribution in [0.1, 0.15) is 0 Å². The molecule has 0 N–H and O–H groups in total. The molecule has 0 saturated carbocycles. The van der Waals surface area contributed by atoms with Crippen LogP contribution in [-0.4, -0.2) is 14.7 Å². The van der Waals surface area contributed by atoms with Gasteiger partial charge in [0.2, 0.25) is 7.92 Å². The molecule has 10 heteroatoms. The van der Waals surface area contributed by atoms with Crippen LogP contribution in [0, 0.1) is 75.4 Å². The van der Waals surface area contributed by atoms with Gasteiger partial charge in [0, 0.05) is 0 Å². The molecule has 0 aromatic heterocycles. The van der Waals surface area contributed by atoms with E-state index in [1.807, 2.05) is 0 Å². The first-order chi connectivity index (χ1) is 7.69. The molecule has 0 aliphatic carbocycles. The molecule has 0 heterocycles. The molecule has 0 amide bonds. The van der Waals surface area contributed by atoms with Crippen LogP contribution < -0.4 is 51.4 Å². The van der Waals surface area contributed by atoms with E-state index in [9.17, 15) is 0 Å². The Morgan fingerprint density at radius 1 is 0.706 bits per heavy atom. The van der Waals surface area contributed by atoms with Gasteiger partial charge in [0.25, 0.3) is 0 Å². The summed E-state index contributed by atoms with van der Waals surface area (Å²) in [6.45, 7) is 4.75. The second-order valence-corrected chi connectivity index (χ2v) is 5.21. The maximum atomic E-state index is 7.90. The van der Waals surface area contributed by atoms with Gasteiger partial charge < -0.3 is 11.8 Å². The zero-order valence-corrected chi connectivity index (χ0v) is 14.4. The van der Waals surface area contributed by atoms with E-state index in [4.69, 9.17) is 43.4 Å². The summed E-state index contributed by atoms with van der Waals surface area (Å²) in [6.07, 6.45) is 0. The molecule has 0 saturated heterocycles.